The van der Waals surface area contributed by atoms with E-state index in [1.54, 1.807) is 0 Å². The predicted octanol–water partition coefficient (Wildman–Crippen LogP) is 3.18. The molecule has 0 bridgehead atoms. The highest BCUT2D eigenvalue weighted by molar-refractivity contribution is 5.32. The second-order valence-electron chi connectivity index (χ2n) is 5.69. The zero-order valence-electron chi connectivity index (χ0n) is 11.9. The molecule has 1 aromatic rings. The first-order chi connectivity index (χ1) is 8.61. The molecule has 0 amide bonds. The third-order valence-corrected chi connectivity index (χ3v) is 3.83. The van der Waals surface area contributed by atoms with Gasteiger partial charge >= 0.3 is 0 Å². The van der Waals surface area contributed by atoms with Gasteiger partial charge in [0.25, 0.3) is 0 Å². The van der Waals surface area contributed by atoms with Gasteiger partial charge in [0.15, 0.2) is 0 Å². The van der Waals surface area contributed by atoms with Crippen LogP contribution in [0, 0.1) is 13.8 Å². The van der Waals surface area contributed by atoms with Crippen LogP contribution in [0.25, 0.3) is 0 Å². The van der Waals surface area contributed by atoms with Gasteiger partial charge in [-0.05, 0) is 50.8 Å². The van der Waals surface area contributed by atoms with E-state index in [2.05, 4.69) is 43.9 Å². The molecule has 100 valence electrons. The Balaban J connectivity index is 2.03. The maximum atomic E-state index is 6.40. The SMILES string of the molecule is CCCN(CC(N)c1ccc(C)cc1C)C1CC1. The number of nitrogens with two attached hydrogens (primary N) is 1. The number of nitrogens with zero attached hydrogens (tertiary/aromatic N) is 1. The zero-order valence-corrected chi connectivity index (χ0v) is 11.9. The van der Waals surface area contributed by atoms with Gasteiger partial charge in [-0.15, -0.1) is 0 Å². The normalized spacial score (nSPS) is 17.2. The fourth-order valence-corrected chi connectivity index (χ4v) is 2.74. The first-order valence-corrected chi connectivity index (χ1v) is 7.18. The van der Waals surface area contributed by atoms with E-state index < -0.39 is 0 Å². The molecule has 0 spiro atoms. The van der Waals surface area contributed by atoms with Crippen LogP contribution in [0.5, 0.6) is 0 Å². The minimum atomic E-state index is 0.151. The molecule has 1 atom stereocenters. The van der Waals surface area contributed by atoms with Crippen LogP contribution in [0.15, 0.2) is 18.2 Å². The molecule has 2 nitrogen and oxygen atoms in total. The molecular weight excluding hydrogens is 220 g/mol. The number of aryl methyl sites for hydroxylation is 2. The van der Waals surface area contributed by atoms with Crippen LogP contribution >= 0.6 is 0 Å². The molecule has 18 heavy (non-hydrogen) atoms. The molecule has 2 rings (SSSR count). The van der Waals surface area contributed by atoms with Crippen LogP contribution in [0.4, 0.5) is 0 Å². The van der Waals surface area contributed by atoms with E-state index in [0.717, 1.165) is 12.6 Å². The quantitative estimate of drug-likeness (QED) is 0.835. The van der Waals surface area contributed by atoms with E-state index in [1.165, 1.54) is 42.5 Å². The first-order valence-electron chi connectivity index (χ1n) is 7.18. The molecule has 1 aromatic carbocycles. The average molecular weight is 246 g/mol. The highest BCUT2D eigenvalue weighted by Crippen LogP contribution is 2.29. The summed E-state index contributed by atoms with van der Waals surface area (Å²) in [5.74, 6) is 0. The maximum Gasteiger partial charge on any atom is 0.0427 e. The zero-order chi connectivity index (χ0) is 13.1. The fourth-order valence-electron chi connectivity index (χ4n) is 2.74. The lowest BCUT2D eigenvalue weighted by atomic mass is 9.99. The summed E-state index contributed by atoms with van der Waals surface area (Å²) in [6, 6.07) is 7.56. The van der Waals surface area contributed by atoms with Crippen molar-refractivity contribution in [1.82, 2.24) is 4.90 Å². The van der Waals surface area contributed by atoms with Gasteiger partial charge in [-0.25, -0.2) is 0 Å². The van der Waals surface area contributed by atoms with Gasteiger partial charge in [0.05, 0.1) is 0 Å². The van der Waals surface area contributed by atoms with Crippen LogP contribution < -0.4 is 5.73 Å². The highest BCUT2D eigenvalue weighted by Gasteiger charge is 2.29. The molecule has 1 unspecified atom stereocenters. The summed E-state index contributed by atoms with van der Waals surface area (Å²) in [6.07, 6.45) is 3.94. The van der Waals surface area contributed by atoms with Crippen molar-refractivity contribution in [3.63, 3.8) is 0 Å². The Morgan fingerprint density at radius 1 is 1.33 bits per heavy atom. The lowest BCUT2D eigenvalue weighted by Crippen LogP contribution is -2.34. The van der Waals surface area contributed by atoms with Gasteiger partial charge < -0.3 is 5.73 Å². The van der Waals surface area contributed by atoms with Crippen molar-refractivity contribution in [2.24, 2.45) is 5.73 Å². The first kappa shape index (κ1) is 13.6. The standard InChI is InChI=1S/C16H26N2/c1-4-9-18(14-6-7-14)11-16(17)15-8-5-12(2)10-13(15)3/h5,8,10,14,16H,4,6-7,9,11,17H2,1-3H3. The minimum absolute atomic E-state index is 0.151. The van der Waals surface area contributed by atoms with Gasteiger partial charge in [-0.1, -0.05) is 30.7 Å². The van der Waals surface area contributed by atoms with E-state index in [0.29, 0.717) is 0 Å². The minimum Gasteiger partial charge on any atom is -0.323 e. The van der Waals surface area contributed by atoms with Gasteiger partial charge in [0, 0.05) is 18.6 Å². The summed E-state index contributed by atoms with van der Waals surface area (Å²) in [5, 5.41) is 0. The van der Waals surface area contributed by atoms with Crippen molar-refractivity contribution < 1.29 is 0 Å². The number of hydrogen-bond donors (Lipinski definition) is 1. The summed E-state index contributed by atoms with van der Waals surface area (Å²) in [6.45, 7) is 8.74. The van der Waals surface area contributed by atoms with Crippen molar-refractivity contribution in [1.29, 1.82) is 0 Å². The molecule has 2 heteroatoms. The smallest absolute Gasteiger partial charge is 0.0427 e. The van der Waals surface area contributed by atoms with Gasteiger partial charge in [-0.2, -0.15) is 0 Å². The summed E-state index contributed by atoms with van der Waals surface area (Å²) in [7, 11) is 0. The Morgan fingerprint density at radius 3 is 2.61 bits per heavy atom. The van der Waals surface area contributed by atoms with Gasteiger partial charge in [0.1, 0.15) is 0 Å². The third-order valence-electron chi connectivity index (χ3n) is 3.83. The second kappa shape index (κ2) is 5.85. The molecule has 0 saturated heterocycles. The fraction of sp³-hybridized carbons (Fsp3) is 0.625. The van der Waals surface area contributed by atoms with Crippen molar-refractivity contribution in [3.8, 4) is 0 Å². The summed E-state index contributed by atoms with van der Waals surface area (Å²) in [5.41, 5.74) is 10.4. The molecule has 1 saturated carbocycles. The molecule has 0 aliphatic heterocycles. The summed E-state index contributed by atoms with van der Waals surface area (Å²) in [4.78, 5) is 2.57. The Morgan fingerprint density at radius 2 is 2.06 bits per heavy atom. The largest absolute Gasteiger partial charge is 0.323 e. The Labute approximate surface area is 111 Å². The summed E-state index contributed by atoms with van der Waals surface area (Å²) < 4.78 is 0. The van der Waals surface area contributed by atoms with Crippen LogP contribution in [-0.4, -0.2) is 24.0 Å². The van der Waals surface area contributed by atoms with E-state index in [4.69, 9.17) is 5.73 Å². The van der Waals surface area contributed by atoms with Crippen molar-refractivity contribution in [3.05, 3.63) is 34.9 Å². The molecule has 1 aliphatic rings. The Hall–Kier alpha value is -0.860. The van der Waals surface area contributed by atoms with E-state index in [-0.39, 0.29) is 6.04 Å². The van der Waals surface area contributed by atoms with Crippen LogP contribution in [0.2, 0.25) is 0 Å². The molecule has 1 fully saturated rings. The topological polar surface area (TPSA) is 29.3 Å². The molecular formula is C16H26N2. The van der Waals surface area contributed by atoms with Crippen LogP contribution in [-0.2, 0) is 0 Å². The summed E-state index contributed by atoms with van der Waals surface area (Å²) >= 11 is 0. The van der Waals surface area contributed by atoms with E-state index in [1.807, 2.05) is 0 Å². The molecule has 1 aliphatic carbocycles. The number of rotatable bonds is 6. The molecule has 0 aromatic heterocycles. The monoisotopic (exact) mass is 246 g/mol. The van der Waals surface area contributed by atoms with Crippen molar-refractivity contribution in [2.75, 3.05) is 13.1 Å². The Bertz CT molecular complexity index is 396. The lowest BCUT2D eigenvalue weighted by Gasteiger charge is -2.26. The van der Waals surface area contributed by atoms with E-state index >= 15 is 0 Å². The molecule has 2 N–H and O–H groups in total. The predicted molar refractivity (Wildman–Crippen MR) is 77.7 cm³/mol. The number of hydrogen-bond acceptors (Lipinski definition) is 2. The van der Waals surface area contributed by atoms with Crippen molar-refractivity contribution >= 4 is 0 Å². The van der Waals surface area contributed by atoms with E-state index in [9.17, 15) is 0 Å². The van der Waals surface area contributed by atoms with Crippen molar-refractivity contribution in [2.45, 2.75) is 52.1 Å². The molecule has 0 heterocycles. The highest BCUT2D eigenvalue weighted by atomic mass is 15.2. The van der Waals surface area contributed by atoms with Gasteiger partial charge in [-0.3, -0.25) is 4.90 Å². The molecule has 0 radical (unpaired) electrons. The second-order valence-corrected chi connectivity index (χ2v) is 5.69. The van der Waals surface area contributed by atoms with Crippen LogP contribution in [0.1, 0.15) is 48.9 Å². The maximum absolute atomic E-state index is 6.40. The van der Waals surface area contributed by atoms with Gasteiger partial charge in [0.2, 0.25) is 0 Å². The average Bonchev–Trinajstić information content (AvgIpc) is 3.11. The van der Waals surface area contributed by atoms with Crippen LogP contribution in [0.3, 0.4) is 0 Å². The Kier molecular flexibility index (Phi) is 4.41. The lowest BCUT2D eigenvalue weighted by molar-refractivity contribution is 0.248. The third kappa shape index (κ3) is 3.33. The number of benzene rings is 1.